The van der Waals surface area contributed by atoms with E-state index in [2.05, 4.69) is 6.92 Å². The van der Waals surface area contributed by atoms with Crippen LogP contribution >= 0.6 is 0 Å². The van der Waals surface area contributed by atoms with Crippen molar-refractivity contribution in [2.75, 3.05) is 0 Å². The fraction of sp³-hybridized carbons (Fsp3) is 0.412. The summed E-state index contributed by atoms with van der Waals surface area (Å²) in [4.78, 5) is 0.399. The first-order valence-corrected chi connectivity index (χ1v) is 9.01. The molecule has 0 heterocycles. The summed E-state index contributed by atoms with van der Waals surface area (Å²) in [6.07, 6.45) is 2.47. The van der Waals surface area contributed by atoms with Crippen LogP contribution in [0.4, 0.5) is 0 Å². The maximum absolute atomic E-state index is 12.9. The molecule has 1 aliphatic rings. The van der Waals surface area contributed by atoms with Gasteiger partial charge in [-0.15, -0.1) is 0 Å². The van der Waals surface area contributed by atoms with E-state index in [-0.39, 0.29) is 6.04 Å². The molecule has 3 rings (SSSR count). The van der Waals surface area contributed by atoms with Gasteiger partial charge < -0.3 is 5.73 Å². The topological polar surface area (TPSA) is 60.2 Å². The fourth-order valence-corrected chi connectivity index (χ4v) is 5.30. The van der Waals surface area contributed by atoms with Gasteiger partial charge in [0.2, 0.25) is 0 Å². The van der Waals surface area contributed by atoms with Crippen LogP contribution in [0.3, 0.4) is 0 Å². The van der Waals surface area contributed by atoms with Gasteiger partial charge in [0, 0.05) is 6.04 Å². The van der Waals surface area contributed by atoms with Gasteiger partial charge in [-0.3, -0.25) is 0 Å². The van der Waals surface area contributed by atoms with Crippen LogP contribution in [-0.2, 0) is 9.84 Å². The molecule has 3 unspecified atom stereocenters. The van der Waals surface area contributed by atoms with Gasteiger partial charge in [-0.25, -0.2) is 8.42 Å². The lowest BCUT2D eigenvalue weighted by molar-refractivity contribution is 0.346. The summed E-state index contributed by atoms with van der Waals surface area (Å²) in [5.41, 5.74) is 6.10. The molecule has 0 saturated heterocycles. The van der Waals surface area contributed by atoms with Crippen LogP contribution < -0.4 is 5.73 Å². The molecule has 21 heavy (non-hydrogen) atoms. The van der Waals surface area contributed by atoms with Gasteiger partial charge in [0.25, 0.3) is 0 Å². The molecule has 0 amide bonds. The van der Waals surface area contributed by atoms with E-state index in [9.17, 15) is 8.42 Å². The second-order valence-electron chi connectivity index (χ2n) is 6.17. The van der Waals surface area contributed by atoms with Gasteiger partial charge >= 0.3 is 0 Å². The predicted molar refractivity (Wildman–Crippen MR) is 85.9 cm³/mol. The first-order chi connectivity index (χ1) is 9.98. The minimum atomic E-state index is -3.36. The molecular formula is C17H21NO2S. The predicted octanol–water partition coefficient (Wildman–Crippen LogP) is 3.13. The van der Waals surface area contributed by atoms with Gasteiger partial charge in [-0.2, -0.15) is 0 Å². The molecule has 0 bridgehead atoms. The summed E-state index contributed by atoms with van der Waals surface area (Å²) in [7, 11) is -3.36. The van der Waals surface area contributed by atoms with Crippen LogP contribution in [0.15, 0.2) is 47.4 Å². The van der Waals surface area contributed by atoms with Crippen molar-refractivity contribution >= 4 is 20.6 Å². The highest BCUT2D eigenvalue weighted by atomic mass is 32.2. The van der Waals surface area contributed by atoms with E-state index in [1.165, 1.54) is 0 Å². The van der Waals surface area contributed by atoms with E-state index >= 15 is 0 Å². The van der Waals surface area contributed by atoms with Gasteiger partial charge in [0.05, 0.1) is 10.1 Å². The summed E-state index contributed by atoms with van der Waals surface area (Å²) in [6.45, 7) is 2.11. The van der Waals surface area contributed by atoms with E-state index in [0.717, 1.165) is 23.6 Å². The van der Waals surface area contributed by atoms with Crippen LogP contribution in [0.1, 0.15) is 26.2 Å². The zero-order valence-electron chi connectivity index (χ0n) is 12.2. The summed E-state index contributed by atoms with van der Waals surface area (Å²) in [5.74, 6) is 0.421. The molecule has 1 saturated carbocycles. The Bertz CT molecular complexity index is 754. The lowest BCUT2D eigenvalue weighted by atomic mass is 9.87. The third-order valence-electron chi connectivity index (χ3n) is 4.55. The molecule has 1 aliphatic carbocycles. The highest BCUT2D eigenvalue weighted by Crippen LogP contribution is 2.32. The molecule has 2 N–H and O–H groups in total. The lowest BCUT2D eigenvalue weighted by Gasteiger charge is -2.32. The largest absolute Gasteiger partial charge is 0.327 e. The molecule has 4 heteroatoms. The minimum absolute atomic E-state index is 0.252. The molecular weight excluding hydrogens is 282 g/mol. The van der Waals surface area contributed by atoms with E-state index in [0.29, 0.717) is 17.2 Å². The zero-order valence-corrected chi connectivity index (χ0v) is 13.0. The molecule has 0 aromatic heterocycles. The molecule has 0 radical (unpaired) electrons. The quantitative estimate of drug-likeness (QED) is 0.927. The van der Waals surface area contributed by atoms with Crippen molar-refractivity contribution < 1.29 is 8.42 Å². The van der Waals surface area contributed by atoms with E-state index in [1.807, 2.05) is 30.3 Å². The Balaban J connectivity index is 2.03. The molecule has 3 atom stereocenters. The van der Waals surface area contributed by atoms with Crippen molar-refractivity contribution in [2.45, 2.75) is 42.4 Å². The summed E-state index contributed by atoms with van der Waals surface area (Å²) < 4.78 is 25.8. The lowest BCUT2D eigenvalue weighted by Crippen LogP contribution is -2.44. The maximum Gasteiger partial charge on any atom is 0.182 e. The molecule has 112 valence electrons. The van der Waals surface area contributed by atoms with Crippen molar-refractivity contribution in [3.63, 3.8) is 0 Å². The van der Waals surface area contributed by atoms with Gasteiger partial charge in [-0.05, 0) is 48.1 Å². The molecule has 3 nitrogen and oxygen atoms in total. The zero-order chi connectivity index (χ0) is 15.0. The van der Waals surface area contributed by atoms with Crippen LogP contribution in [0.5, 0.6) is 0 Å². The Morgan fingerprint density at radius 1 is 1.05 bits per heavy atom. The van der Waals surface area contributed by atoms with Crippen LogP contribution in [0, 0.1) is 5.92 Å². The second kappa shape index (κ2) is 5.43. The SMILES string of the molecule is CC1CCC(N)C(S(=O)(=O)c2ccc3ccccc3c2)C1. The van der Waals surface area contributed by atoms with E-state index in [1.54, 1.807) is 12.1 Å². The van der Waals surface area contributed by atoms with Crippen molar-refractivity contribution in [3.05, 3.63) is 42.5 Å². The van der Waals surface area contributed by atoms with Crippen LogP contribution in [0.25, 0.3) is 10.8 Å². The maximum atomic E-state index is 12.9. The van der Waals surface area contributed by atoms with Crippen LogP contribution in [-0.4, -0.2) is 19.7 Å². The van der Waals surface area contributed by atoms with Crippen molar-refractivity contribution in [1.82, 2.24) is 0 Å². The second-order valence-corrected chi connectivity index (χ2v) is 8.34. The number of hydrogen-bond donors (Lipinski definition) is 1. The Morgan fingerprint density at radius 3 is 2.52 bits per heavy atom. The number of rotatable bonds is 2. The molecule has 0 spiro atoms. The summed E-state index contributed by atoms with van der Waals surface area (Å²) in [6, 6.07) is 12.9. The number of sulfone groups is 1. The van der Waals surface area contributed by atoms with Gasteiger partial charge in [0.1, 0.15) is 0 Å². The van der Waals surface area contributed by atoms with E-state index < -0.39 is 15.1 Å². The Labute approximate surface area is 126 Å². The molecule has 2 aromatic carbocycles. The normalized spacial score (nSPS) is 26.9. The standard InChI is InChI=1S/C17H21NO2S/c1-12-6-9-16(18)17(10-12)21(19,20)15-8-7-13-4-2-3-5-14(13)11-15/h2-5,7-8,11-12,16-17H,6,9-10,18H2,1H3. The highest BCUT2D eigenvalue weighted by molar-refractivity contribution is 7.92. The van der Waals surface area contributed by atoms with Crippen molar-refractivity contribution in [1.29, 1.82) is 0 Å². The third kappa shape index (κ3) is 2.70. The average Bonchev–Trinajstić information content (AvgIpc) is 2.49. The number of fused-ring (bicyclic) bond motifs is 1. The minimum Gasteiger partial charge on any atom is -0.327 e. The fourth-order valence-electron chi connectivity index (χ4n) is 3.23. The number of benzene rings is 2. The monoisotopic (exact) mass is 303 g/mol. The Kier molecular flexibility index (Phi) is 3.76. The van der Waals surface area contributed by atoms with Crippen molar-refractivity contribution in [2.24, 2.45) is 11.7 Å². The first-order valence-electron chi connectivity index (χ1n) is 7.47. The average molecular weight is 303 g/mol. The first kappa shape index (κ1) is 14.5. The Hall–Kier alpha value is -1.39. The third-order valence-corrected chi connectivity index (χ3v) is 6.80. The Morgan fingerprint density at radius 2 is 1.76 bits per heavy atom. The number of nitrogens with two attached hydrogens (primary N) is 1. The highest BCUT2D eigenvalue weighted by Gasteiger charge is 2.36. The van der Waals surface area contributed by atoms with E-state index in [4.69, 9.17) is 5.73 Å². The number of hydrogen-bond acceptors (Lipinski definition) is 3. The van der Waals surface area contributed by atoms with Gasteiger partial charge in [-0.1, -0.05) is 37.3 Å². The molecule has 1 fully saturated rings. The summed E-state index contributed by atoms with van der Waals surface area (Å²) in [5, 5.41) is 1.55. The smallest absolute Gasteiger partial charge is 0.182 e. The molecule has 0 aliphatic heterocycles. The van der Waals surface area contributed by atoms with Crippen molar-refractivity contribution in [3.8, 4) is 0 Å². The molecule has 2 aromatic rings. The summed E-state index contributed by atoms with van der Waals surface area (Å²) >= 11 is 0. The van der Waals surface area contributed by atoms with Crippen LogP contribution in [0.2, 0.25) is 0 Å². The van der Waals surface area contributed by atoms with Gasteiger partial charge in [0.15, 0.2) is 9.84 Å².